The molecular formula is C24H24N2O2S. The number of benzene rings is 3. The SMILES string of the molecule is Cc1cccc(C)c1NC(=O)CNC(=O)[C@@H](Sc1ccccc1)c1ccccc1. The number of anilines is 1. The molecule has 0 spiro atoms. The lowest BCUT2D eigenvalue weighted by atomic mass is 10.1. The molecule has 29 heavy (non-hydrogen) atoms. The number of hydrogen-bond donors (Lipinski definition) is 2. The van der Waals surface area contributed by atoms with Gasteiger partial charge in [0.1, 0.15) is 5.25 Å². The molecule has 0 fully saturated rings. The molecule has 3 rings (SSSR count). The van der Waals surface area contributed by atoms with Crippen LogP contribution in [0, 0.1) is 13.8 Å². The number of amides is 2. The number of para-hydroxylation sites is 1. The quantitative estimate of drug-likeness (QED) is 0.551. The zero-order chi connectivity index (χ0) is 20.6. The van der Waals surface area contributed by atoms with Gasteiger partial charge in [0.25, 0.3) is 0 Å². The van der Waals surface area contributed by atoms with Gasteiger partial charge in [0.2, 0.25) is 11.8 Å². The van der Waals surface area contributed by atoms with E-state index in [0.717, 1.165) is 27.3 Å². The third kappa shape index (κ3) is 5.72. The Morgan fingerprint density at radius 2 is 1.41 bits per heavy atom. The monoisotopic (exact) mass is 404 g/mol. The van der Waals surface area contributed by atoms with Crippen molar-refractivity contribution in [2.75, 3.05) is 11.9 Å². The van der Waals surface area contributed by atoms with Crippen molar-refractivity contribution < 1.29 is 9.59 Å². The van der Waals surface area contributed by atoms with E-state index in [1.807, 2.05) is 92.7 Å². The van der Waals surface area contributed by atoms with E-state index in [2.05, 4.69) is 10.6 Å². The van der Waals surface area contributed by atoms with Gasteiger partial charge in [-0.25, -0.2) is 0 Å². The summed E-state index contributed by atoms with van der Waals surface area (Å²) in [5.41, 5.74) is 3.68. The molecule has 0 unspecified atom stereocenters. The molecular weight excluding hydrogens is 380 g/mol. The first-order chi connectivity index (χ1) is 14.0. The number of nitrogens with one attached hydrogen (secondary N) is 2. The first-order valence-electron chi connectivity index (χ1n) is 9.45. The van der Waals surface area contributed by atoms with E-state index in [0.29, 0.717) is 0 Å². The van der Waals surface area contributed by atoms with Crippen LogP contribution in [0.1, 0.15) is 21.9 Å². The first kappa shape index (κ1) is 20.7. The van der Waals surface area contributed by atoms with Gasteiger partial charge in [0.15, 0.2) is 0 Å². The zero-order valence-corrected chi connectivity index (χ0v) is 17.3. The molecule has 3 aromatic carbocycles. The summed E-state index contributed by atoms with van der Waals surface area (Å²) in [6.07, 6.45) is 0. The number of thioether (sulfide) groups is 1. The van der Waals surface area contributed by atoms with Crippen molar-refractivity contribution in [1.82, 2.24) is 5.32 Å². The van der Waals surface area contributed by atoms with Crippen LogP contribution in [-0.4, -0.2) is 18.4 Å². The van der Waals surface area contributed by atoms with E-state index < -0.39 is 5.25 Å². The molecule has 0 bridgehead atoms. The Hall–Kier alpha value is -3.05. The van der Waals surface area contributed by atoms with E-state index >= 15 is 0 Å². The minimum absolute atomic E-state index is 0.0781. The second-order valence-electron chi connectivity index (χ2n) is 6.75. The Labute approximate surface area is 175 Å². The van der Waals surface area contributed by atoms with Crippen molar-refractivity contribution >= 4 is 29.3 Å². The summed E-state index contributed by atoms with van der Waals surface area (Å²) >= 11 is 1.47. The molecule has 0 saturated heterocycles. The van der Waals surface area contributed by atoms with Crippen LogP contribution in [0.25, 0.3) is 0 Å². The number of rotatable bonds is 7. The summed E-state index contributed by atoms with van der Waals surface area (Å²) in [7, 11) is 0. The summed E-state index contributed by atoms with van der Waals surface area (Å²) in [6.45, 7) is 3.82. The lowest BCUT2D eigenvalue weighted by molar-refractivity contribution is -0.123. The van der Waals surface area contributed by atoms with Gasteiger partial charge in [-0.05, 0) is 42.7 Å². The van der Waals surface area contributed by atoms with Gasteiger partial charge in [0, 0.05) is 10.6 Å². The van der Waals surface area contributed by atoms with E-state index in [4.69, 9.17) is 0 Å². The van der Waals surface area contributed by atoms with Crippen molar-refractivity contribution in [3.8, 4) is 0 Å². The van der Waals surface area contributed by atoms with Crippen molar-refractivity contribution in [2.24, 2.45) is 0 Å². The van der Waals surface area contributed by atoms with Gasteiger partial charge >= 0.3 is 0 Å². The minimum Gasteiger partial charge on any atom is -0.346 e. The highest BCUT2D eigenvalue weighted by Crippen LogP contribution is 2.35. The Morgan fingerprint density at radius 1 is 0.828 bits per heavy atom. The summed E-state index contributed by atoms with van der Waals surface area (Å²) in [4.78, 5) is 26.3. The fraction of sp³-hybridized carbons (Fsp3) is 0.167. The lowest BCUT2D eigenvalue weighted by Crippen LogP contribution is -2.35. The Morgan fingerprint density at radius 3 is 2.03 bits per heavy atom. The van der Waals surface area contributed by atoms with Crippen molar-refractivity contribution in [2.45, 2.75) is 24.0 Å². The van der Waals surface area contributed by atoms with Gasteiger partial charge in [-0.2, -0.15) is 0 Å². The summed E-state index contributed by atoms with van der Waals surface area (Å²) < 4.78 is 0. The number of hydrogen-bond acceptors (Lipinski definition) is 3. The molecule has 148 valence electrons. The molecule has 3 aromatic rings. The smallest absolute Gasteiger partial charge is 0.243 e. The highest BCUT2D eigenvalue weighted by molar-refractivity contribution is 8.00. The largest absolute Gasteiger partial charge is 0.346 e. The van der Waals surface area contributed by atoms with Crippen LogP contribution in [0.5, 0.6) is 0 Å². The molecule has 0 aromatic heterocycles. The summed E-state index contributed by atoms with van der Waals surface area (Å²) in [6, 6.07) is 25.2. The fourth-order valence-electron chi connectivity index (χ4n) is 2.99. The Bertz CT molecular complexity index is 954. The number of carbonyl (C=O) groups excluding carboxylic acids is 2. The van der Waals surface area contributed by atoms with Crippen molar-refractivity contribution in [1.29, 1.82) is 0 Å². The van der Waals surface area contributed by atoms with E-state index in [1.54, 1.807) is 0 Å². The molecule has 0 aliphatic heterocycles. The van der Waals surface area contributed by atoms with Crippen LogP contribution in [0.4, 0.5) is 5.69 Å². The van der Waals surface area contributed by atoms with Gasteiger partial charge in [-0.1, -0.05) is 66.7 Å². The molecule has 4 nitrogen and oxygen atoms in total. The molecule has 0 saturated carbocycles. The maximum Gasteiger partial charge on any atom is 0.243 e. The van der Waals surface area contributed by atoms with Gasteiger partial charge < -0.3 is 10.6 Å². The summed E-state index contributed by atoms with van der Waals surface area (Å²) in [5, 5.41) is 5.25. The molecule has 0 heterocycles. The second kappa shape index (κ2) is 9.94. The average Bonchev–Trinajstić information content (AvgIpc) is 2.74. The van der Waals surface area contributed by atoms with Crippen LogP contribution in [0.2, 0.25) is 0 Å². The van der Waals surface area contributed by atoms with Crippen LogP contribution in [-0.2, 0) is 9.59 Å². The van der Waals surface area contributed by atoms with Crippen LogP contribution in [0.3, 0.4) is 0 Å². The van der Waals surface area contributed by atoms with E-state index in [1.165, 1.54) is 11.8 Å². The third-order valence-corrected chi connectivity index (χ3v) is 5.77. The maximum atomic E-state index is 12.9. The normalized spacial score (nSPS) is 11.5. The molecule has 0 aliphatic carbocycles. The fourth-order valence-corrected chi connectivity index (χ4v) is 4.06. The minimum atomic E-state index is -0.438. The predicted octanol–water partition coefficient (Wildman–Crippen LogP) is 4.89. The standard InChI is InChI=1S/C24H24N2O2S/c1-17-10-9-11-18(2)22(17)26-21(27)16-25-24(28)23(19-12-5-3-6-13-19)29-20-14-7-4-8-15-20/h3-15,23H,16H2,1-2H3,(H,25,28)(H,26,27)/t23-/m0/s1. The Kier molecular flexibility index (Phi) is 7.09. The average molecular weight is 405 g/mol. The Balaban J connectivity index is 1.67. The predicted molar refractivity (Wildman–Crippen MR) is 119 cm³/mol. The van der Waals surface area contributed by atoms with Crippen molar-refractivity contribution in [3.63, 3.8) is 0 Å². The van der Waals surface area contributed by atoms with Gasteiger partial charge in [0.05, 0.1) is 6.54 Å². The maximum absolute atomic E-state index is 12.9. The van der Waals surface area contributed by atoms with E-state index in [9.17, 15) is 9.59 Å². The van der Waals surface area contributed by atoms with E-state index in [-0.39, 0.29) is 18.4 Å². The van der Waals surface area contributed by atoms with Crippen LogP contribution < -0.4 is 10.6 Å². The molecule has 1 atom stereocenters. The molecule has 0 radical (unpaired) electrons. The lowest BCUT2D eigenvalue weighted by Gasteiger charge is -2.17. The molecule has 2 amide bonds. The van der Waals surface area contributed by atoms with Gasteiger partial charge in [-0.15, -0.1) is 11.8 Å². The topological polar surface area (TPSA) is 58.2 Å². The van der Waals surface area contributed by atoms with Crippen LogP contribution >= 0.6 is 11.8 Å². The third-order valence-electron chi connectivity index (χ3n) is 4.51. The second-order valence-corrected chi connectivity index (χ2v) is 7.93. The number of carbonyl (C=O) groups is 2. The summed E-state index contributed by atoms with van der Waals surface area (Å²) in [5.74, 6) is -0.436. The van der Waals surface area contributed by atoms with Gasteiger partial charge in [-0.3, -0.25) is 9.59 Å². The number of aryl methyl sites for hydroxylation is 2. The first-order valence-corrected chi connectivity index (χ1v) is 10.3. The molecule has 2 N–H and O–H groups in total. The molecule has 0 aliphatic rings. The zero-order valence-electron chi connectivity index (χ0n) is 16.5. The molecule has 5 heteroatoms. The van der Waals surface area contributed by atoms with Crippen LogP contribution in [0.15, 0.2) is 83.8 Å². The highest BCUT2D eigenvalue weighted by Gasteiger charge is 2.22. The highest BCUT2D eigenvalue weighted by atomic mass is 32.2. The van der Waals surface area contributed by atoms with Crippen molar-refractivity contribution in [3.05, 3.63) is 95.6 Å².